The molecule has 0 heterocycles. The molecule has 2 aromatic rings. The van der Waals surface area contributed by atoms with Gasteiger partial charge in [-0.25, -0.2) is 0 Å². The maximum absolute atomic E-state index is 12.5. The van der Waals surface area contributed by atoms with Gasteiger partial charge in [-0.2, -0.15) is 0 Å². The molecule has 0 bridgehead atoms. The normalized spacial score (nSPS) is 17.5. The highest BCUT2D eigenvalue weighted by Crippen LogP contribution is 2.38. The fourth-order valence-electron chi connectivity index (χ4n) is 2.93. The summed E-state index contributed by atoms with van der Waals surface area (Å²) in [7, 11) is 0. The Kier molecular flexibility index (Phi) is 6.42. The van der Waals surface area contributed by atoms with Gasteiger partial charge in [-0.15, -0.1) is 0 Å². The number of carbonyl (C=O) groups excluding carboxylic acids is 3. The fourth-order valence-corrected chi connectivity index (χ4v) is 2.93. The van der Waals surface area contributed by atoms with Crippen molar-refractivity contribution < 1.29 is 19.1 Å². The molecule has 2 atom stereocenters. The first kappa shape index (κ1) is 19.6. The maximum atomic E-state index is 12.5. The summed E-state index contributed by atoms with van der Waals surface area (Å²) < 4.78 is 5.03. The topological polar surface area (TPSA) is 84.5 Å². The third-order valence-electron chi connectivity index (χ3n) is 4.75. The van der Waals surface area contributed by atoms with Gasteiger partial charge < -0.3 is 15.4 Å². The average molecular weight is 380 g/mol. The van der Waals surface area contributed by atoms with Crippen molar-refractivity contribution in [2.75, 3.05) is 18.5 Å². The lowest BCUT2D eigenvalue weighted by Crippen LogP contribution is -2.28. The zero-order valence-corrected chi connectivity index (χ0v) is 15.8. The molecule has 2 aromatic carbocycles. The molecule has 28 heavy (non-hydrogen) atoms. The number of rotatable bonds is 8. The van der Waals surface area contributed by atoms with Crippen LogP contribution in [-0.4, -0.2) is 30.9 Å². The van der Waals surface area contributed by atoms with Crippen molar-refractivity contribution in [1.29, 1.82) is 0 Å². The minimum Gasteiger partial charge on any atom is -0.455 e. The van der Waals surface area contributed by atoms with Crippen LogP contribution in [-0.2, 0) is 20.7 Å². The average Bonchev–Trinajstić information content (AvgIpc) is 3.44. The van der Waals surface area contributed by atoms with Crippen LogP contribution in [0.15, 0.2) is 54.6 Å². The van der Waals surface area contributed by atoms with Gasteiger partial charge in [0.25, 0.3) is 11.8 Å². The van der Waals surface area contributed by atoms with Crippen LogP contribution in [0, 0.1) is 11.8 Å². The van der Waals surface area contributed by atoms with Crippen LogP contribution in [0.25, 0.3) is 0 Å². The number of amides is 2. The van der Waals surface area contributed by atoms with Gasteiger partial charge in [0, 0.05) is 6.54 Å². The lowest BCUT2D eigenvalue weighted by Gasteiger charge is -2.12. The molecule has 1 saturated carbocycles. The van der Waals surface area contributed by atoms with E-state index in [9.17, 15) is 14.4 Å². The van der Waals surface area contributed by atoms with E-state index in [4.69, 9.17) is 4.74 Å². The van der Waals surface area contributed by atoms with E-state index in [1.807, 2.05) is 37.3 Å². The lowest BCUT2D eigenvalue weighted by atomic mass is 10.1. The Hall–Kier alpha value is -3.15. The molecule has 1 fully saturated rings. The first-order valence-electron chi connectivity index (χ1n) is 9.42. The Morgan fingerprint density at radius 1 is 1.04 bits per heavy atom. The van der Waals surface area contributed by atoms with Crippen LogP contribution in [0.3, 0.4) is 0 Å². The molecule has 0 aliphatic heterocycles. The number of para-hydroxylation sites is 1. The number of benzene rings is 2. The number of nitrogens with one attached hydrogen (secondary N) is 2. The molecule has 6 heteroatoms. The molecule has 3 rings (SSSR count). The molecule has 0 unspecified atom stereocenters. The molecule has 0 radical (unpaired) electrons. The van der Waals surface area contributed by atoms with Crippen molar-refractivity contribution in [3.8, 4) is 0 Å². The number of ether oxygens (including phenoxy) is 1. The first-order chi connectivity index (χ1) is 13.5. The Morgan fingerprint density at radius 3 is 2.43 bits per heavy atom. The molecule has 0 spiro atoms. The van der Waals surface area contributed by atoms with Crippen LogP contribution in [0.1, 0.15) is 29.3 Å². The minimum absolute atomic E-state index is 0.0875. The quantitative estimate of drug-likeness (QED) is 0.690. The fraction of sp³-hybridized carbons (Fsp3) is 0.318. The van der Waals surface area contributed by atoms with E-state index >= 15 is 0 Å². The van der Waals surface area contributed by atoms with Gasteiger partial charge in [-0.3, -0.25) is 14.4 Å². The van der Waals surface area contributed by atoms with Gasteiger partial charge in [-0.1, -0.05) is 49.4 Å². The van der Waals surface area contributed by atoms with E-state index < -0.39 is 5.91 Å². The van der Waals surface area contributed by atoms with Gasteiger partial charge in [0.05, 0.1) is 17.2 Å². The zero-order valence-electron chi connectivity index (χ0n) is 15.8. The second kappa shape index (κ2) is 9.17. The van der Waals surface area contributed by atoms with Crippen molar-refractivity contribution in [1.82, 2.24) is 5.32 Å². The molecular formula is C22H24N2O4. The van der Waals surface area contributed by atoms with Gasteiger partial charge in [0.2, 0.25) is 0 Å². The Morgan fingerprint density at radius 2 is 1.71 bits per heavy atom. The molecule has 2 amide bonds. The second-order valence-corrected chi connectivity index (χ2v) is 7.01. The van der Waals surface area contributed by atoms with Gasteiger partial charge >= 0.3 is 5.97 Å². The highest BCUT2D eigenvalue weighted by Gasteiger charge is 2.40. The van der Waals surface area contributed by atoms with Crippen LogP contribution in [0.2, 0.25) is 0 Å². The Bertz CT molecular complexity index is 851. The van der Waals surface area contributed by atoms with Gasteiger partial charge in [0.1, 0.15) is 0 Å². The predicted molar refractivity (Wildman–Crippen MR) is 106 cm³/mol. The van der Waals surface area contributed by atoms with Gasteiger partial charge in [-0.05, 0) is 36.5 Å². The number of hydrogen-bond donors (Lipinski definition) is 2. The highest BCUT2D eigenvalue weighted by molar-refractivity contribution is 6.04. The SMILES string of the molecule is C[C@H]1C[C@@H]1C(=O)OCC(=O)Nc1ccccc1C(=O)NCCc1ccccc1. The maximum Gasteiger partial charge on any atom is 0.309 e. The van der Waals surface area contributed by atoms with Crippen molar-refractivity contribution >= 4 is 23.5 Å². The largest absolute Gasteiger partial charge is 0.455 e. The minimum atomic E-state index is -0.466. The number of esters is 1. The first-order valence-corrected chi connectivity index (χ1v) is 9.42. The third-order valence-corrected chi connectivity index (χ3v) is 4.75. The summed E-state index contributed by atoms with van der Waals surface area (Å²) in [5.41, 5.74) is 1.89. The lowest BCUT2D eigenvalue weighted by molar-refractivity contribution is -0.148. The summed E-state index contributed by atoms with van der Waals surface area (Å²) in [6, 6.07) is 16.6. The van der Waals surface area contributed by atoms with Crippen molar-refractivity contribution in [2.45, 2.75) is 19.8 Å². The summed E-state index contributed by atoms with van der Waals surface area (Å²) in [6.07, 6.45) is 1.53. The molecule has 0 aromatic heterocycles. The summed E-state index contributed by atoms with van der Waals surface area (Å²) in [5.74, 6) is -0.831. The van der Waals surface area contributed by atoms with E-state index in [2.05, 4.69) is 10.6 Å². The van der Waals surface area contributed by atoms with Gasteiger partial charge in [0.15, 0.2) is 6.61 Å². The number of carbonyl (C=O) groups is 3. The predicted octanol–water partition coefficient (Wildman–Crippen LogP) is 2.80. The summed E-state index contributed by atoms with van der Waals surface area (Å²) >= 11 is 0. The molecular weight excluding hydrogens is 356 g/mol. The molecule has 0 saturated heterocycles. The molecule has 146 valence electrons. The second-order valence-electron chi connectivity index (χ2n) is 7.01. The summed E-state index contributed by atoms with van der Waals surface area (Å²) in [5, 5.41) is 5.51. The molecule has 1 aliphatic carbocycles. The van der Waals surface area contributed by atoms with Crippen molar-refractivity contribution in [3.05, 3.63) is 65.7 Å². The standard InChI is InChI=1S/C22H24N2O4/c1-15-13-18(15)22(27)28-14-20(25)24-19-10-6-5-9-17(19)21(26)23-12-11-16-7-3-2-4-8-16/h2-10,15,18H,11-14H2,1H3,(H,23,26)(H,24,25)/t15-,18-/m0/s1. The number of hydrogen-bond acceptors (Lipinski definition) is 4. The molecule has 2 N–H and O–H groups in total. The van der Waals surface area contributed by atoms with Crippen LogP contribution >= 0.6 is 0 Å². The monoisotopic (exact) mass is 380 g/mol. The highest BCUT2D eigenvalue weighted by atomic mass is 16.5. The van der Waals surface area contributed by atoms with Crippen LogP contribution < -0.4 is 10.6 Å². The Labute approximate surface area is 164 Å². The Balaban J connectivity index is 1.50. The van der Waals surface area contributed by atoms with E-state index in [-0.39, 0.29) is 24.4 Å². The van der Waals surface area contributed by atoms with Crippen molar-refractivity contribution in [2.24, 2.45) is 11.8 Å². The smallest absolute Gasteiger partial charge is 0.309 e. The van der Waals surface area contributed by atoms with E-state index in [1.54, 1.807) is 24.3 Å². The van der Waals surface area contributed by atoms with E-state index in [0.29, 0.717) is 23.7 Å². The van der Waals surface area contributed by atoms with Crippen molar-refractivity contribution in [3.63, 3.8) is 0 Å². The van der Waals surface area contributed by atoms with Crippen LogP contribution in [0.4, 0.5) is 5.69 Å². The van der Waals surface area contributed by atoms with E-state index in [0.717, 1.165) is 18.4 Å². The number of anilines is 1. The van der Waals surface area contributed by atoms with Crippen LogP contribution in [0.5, 0.6) is 0 Å². The van der Waals surface area contributed by atoms with E-state index in [1.165, 1.54) is 0 Å². The zero-order chi connectivity index (χ0) is 19.9. The molecule has 6 nitrogen and oxygen atoms in total. The summed E-state index contributed by atoms with van der Waals surface area (Å²) in [6.45, 7) is 2.10. The third kappa shape index (κ3) is 5.42. The summed E-state index contributed by atoms with van der Waals surface area (Å²) in [4.78, 5) is 36.3. The molecule has 1 aliphatic rings.